The van der Waals surface area contributed by atoms with E-state index in [-0.39, 0.29) is 16.7 Å². The summed E-state index contributed by atoms with van der Waals surface area (Å²) in [7, 11) is 0. The molecular formula is C11H14N2O2. The van der Waals surface area contributed by atoms with E-state index in [0.717, 1.165) is 5.56 Å². The van der Waals surface area contributed by atoms with E-state index in [9.17, 15) is 10.1 Å². The maximum Gasteiger partial charge on any atom is 0.272 e. The first-order valence-electron chi connectivity index (χ1n) is 4.69. The topological polar surface area (TPSA) is 69.2 Å². The minimum atomic E-state index is -0.376. The Hall–Kier alpha value is -1.68. The summed E-state index contributed by atoms with van der Waals surface area (Å²) in [5.41, 5.74) is 7.15. The van der Waals surface area contributed by atoms with E-state index in [0.29, 0.717) is 5.56 Å². The quantitative estimate of drug-likeness (QED) is 0.609. The third-order valence-corrected chi connectivity index (χ3v) is 2.02. The average molecular weight is 206 g/mol. The fourth-order valence-electron chi connectivity index (χ4n) is 1.19. The Kier molecular flexibility index (Phi) is 3.57. The number of benzene rings is 1. The molecule has 0 bridgehead atoms. The van der Waals surface area contributed by atoms with E-state index in [4.69, 9.17) is 5.73 Å². The molecule has 0 spiro atoms. The largest absolute Gasteiger partial charge is 0.325 e. The molecule has 0 saturated carbocycles. The molecule has 1 aromatic carbocycles. The van der Waals surface area contributed by atoms with E-state index < -0.39 is 0 Å². The van der Waals surface area contributed by atoms with Crippen LogP contribution in [0, 0.1) is 17.0 Å². The van der Waals surface area contributed by atoms with E-state index in [1.807, 2.05) is 13.0 Å². The number of nitrogens with zero attached hydrogens (tertiary/aromatic N) is 1. The molecule has 80 valence electrons. The summed E-state index contributed by atoms with van der Waals surface area (Å²) < 4.78 is 0. The molecule has 15 heavy (non-hydrogen) atoms. The molecule has 0 aliphatic heterocycles. The van der Waals surface area contributed by atoms with Crippen LogP contribution >= 0.6 is 0 Å². The molecule has 0 radical (unpaired) electrons. The summed E-state index contributed by atoms with van der Waals surface area (Å²) >= 11 is 0. The van der Waals surface area contributed by atoms with E-state index in [1.54, 1.807) is 31.2 Å². The van der Waals surface area contributed by atoms with Crippen LogP contribution in [0.5, 0.6) is 0 Å². The normalized spacial score (nSPS) is 13.0. The summed E-state index contributed by atoms with van der Waals surface area (Å²) in [5, 5.41) is 10.7. The van der Waals surface area contributed by atoms with Gasteiger partial charge in [-0.1, -0.05) is 24.3 Å². The molecule has 0 aromatic heterocycles. The lowest BCUT2D eigenvalue weighted by atomic mass is 10.1. The Labute approximate surface area is 88.6 Å². The SMILES string of the molecule is Cc1ccc(/C=C/C(C)N)cc1[N+](=O)[O-]. The van der Waals surface area contributed by atoms with Crippen LogP contribution in [0.1, 0.15) is 18.1 Å². The predicted molar refractivity (Wildman–Crippen MR) is 60.5 cm³/mol. The summed E-state index contributed by atoms with van der Waals surface area (Å²) in [6.45, 7) is 3.57. The van der Waals surface area contributed by atoms with Crippen molar-refractivity contribution in [1.82, 2.24) is 0 Å². The van der Waals surface area contributed by atoms with Crippen molar-refractivity contribution in [2.45, 2.75) is 19.9 Å². The lowest BCUT2D eigenvalue weighted by Crippen LogP contribution is -2.09. The average Bonchev–Trinajstić information content (AvgIpc) is 2.16. The van der Waals surface area contributed by atoms with Crippen molar-refractivity contribution < 1.29 is 4.92 Å². The van der Waals surface area contributed by atoms with Crippen molar-refractivity contribution in [2.75, 3.05) is 0 Å². The first-order valence-corrected chi connectivity index (χ1v) is 4.69. The molecule has 4 heteroatoms. The van der Waals surface area contributed by atoms with E-state index in [2.05, 4.69) is 0 Å². The second-order valence-corrected chi connectivity index (χ2v) is 3.52. The molecule has 0 amide bonds. The molecular weight excluding hydrogens is 192 g/mol. The Balaban J connectivity index is 3.03. The van der Waals surface area contributed by atoms with Crippen LogP contribution in [-0.4, -0.2) is 11.0 Å². The second kappa shape index (κ2) is 4.70. The number of nitro benzene ring substituents is 1. The van der Waals surface area contributed by atoms with Crippen LogP contribution in [0.3, 0.4) is 0 Å². The van der Waals surface area contributed by atoms with Crippen molar-refractivity contribution in [3.63, 3.8) is 0 Å². The molecule has 0 aliphatic carbocycles. The van der Waals surface area contributed by atoms with Crippen LogP contribution in [0.2, 0.25) is 0 Å². The minimum Gasteiger partial charge on any atom is -0.325 e. The molecule has 0 saturated heterocycles. The van der Waals surface area contributed by atoms with Crippen LogP contribution in [0.15, 0.2) is 24.3 Å². The van der Waals surface area contributed by atoms with Crippen LogP contribution < -0.4 is 5.73 Å². The zero-order chi connectivity index (χ0) is 11.4. The summed E-state index contributed by atoms with van der Waals surface area (Å²) in [4.78, 5) is 10.3. The van der Waals surface area contributed by atoms with Crippen molar-refractivity contribution in [3.05, 3.63) is 45.5 Å². The third kappa shape index (κ3) is 3.18. The Morgan fingerprint density at radius 1 is 1.53 bits per heavy atom. The van der Waals surface area contributed by atoms with Crippen molar-refractivity contribution >= 4 is 11.8 Å². The fourth-order valence-corrected chi connectivity index (χ4v) is 1.19. The standard InChI is InChI=1S/C11H14N2O2/c1-8-3-5-10(6-4-9(2)12)7-11(8)13(14)15/h3-7,9H,12H2,1-2H3/b6-4+. The highest BCUT2D eigenvalue weighted by Gasteiger charge is 2.09. The third-order valence-electron chi connectivity index (χ3n) is 2.02. The lowest BCUT2D eigenvalue weighted by Gasteiger charge is -1.99. The Morgan fingerprint density at radius 2 is 2.20 bits per heavy atom. The zero-order valence-electron chi connectivity index (χ0n) is 8.81. The lowest BCUT2D eigenvalue weighted by molar-refractivity contribution is -0.385. The predicted octanol–water partition coefficient (Wildman–Crippen LogP) is 2.26. The van der Waals surface area contributed by atoms with Crippen molar-refractivity contribution in [2.24, 2.45) is 5.73 Å². The number of hydrogen-bond acceptors (Lipinski definition) is 3. The van der Waals surface area contributed by atoms with Crippen LogP contribution in [0.4, 0.5) is 5.69 Å². The summed E-state index contributed by atoms with van der Waals surface area (Å²) in [5.74, 6) is 0. The van der Waals surface area contributed by atoms with Gasteiger partial charge in [0, 0.05) is 17.7 Å². The molecule has 1 atom stereocenters. The van der Waals surface area contributed by atoms with Gasteiger partial charge in [-0.3, -0.25) is 10.1 Å². The van der Waals surface area contributed by atoms with Crippen molar-refractivity contribution in [3.8, 4) is 0 Å². The number of hydrogen-bond donors (Lipinski definition) is 1. The smallest absolute Gasteiger partial charge is 0.272 e. The summed E-state index contributed by atoms with van der Waals surface area (Å²) in [6.07, 6.45) is 3.59. The number of nitro groups is 1. The van der Waals surface area contributed by atoms with Crippen molar-refractivity contribution in [1.29, 1.82) is 0 Å². The van der Waals surface area contributed by atoms with Crippen LogP contribution in [-0.2, 0) is 0 Å². The molecule has 1 unspecified atom stereocenters. The second-order valence-electron chi connectivity index (χ2n) is 3.52. The van der Waals surface area contributed by atoms with Gasteiger partial charge in [0.1, 0.15) is 0 Å². The fraction of sp³-hybridized carbons (Fsp3) is 0.273. The van der Waals surface area contributed by atoms with Gasteiger partial charge in [-0.05, 0) is 19.4 Å². The summed E-state index contributed by atoms with van der Waals surface area (Å²) in [6, 6.07) is 5.07. The highest BCUT2D eigenvalue weighted by molar-refractivity contribution is 5.56. The molecule has 4 nitrogen and oxygen atoms in total. The Morgan fingerprint density at radius 3 is 2.73 bits per heavy atom. The van der Waals surface area contributed by atoms with E-state index >= 15 is 0 Å². The van der Waals surface area contributed by atoms with E-state index in [1.165, 1.54) is 0 Å². The first kappa shape index (κ1) is 11.4. The van der Waals surface area contributed by atoms with Gasteiger partial charge in [0.05, 0.1) is 4.92 Å². The Bertz CT molecular complexity index is 398. The monoisotopic (exact) mass is 206 g/mol. The van der Waals surface area contributed by atoms with Gasteiger partial charge in [0.25, 0.3) is 5.69 Å². The maximum atomic E-state index is 10.7. The first-order chi connectivity index (χ1) is 7.00. The van der Waals surface area contributed by atoms with Crippen LogP contribution in [0.25, 0.3) is 6.08 Å². The molecule has 0 aliphatic rings. The maximum absolute atomic E-state index is 10.7. The molecule has 1 aromatic rings. The number of nitrogens with two attached hydrogens (primary N) is 1. The highest BCUT2D eigenvalue weighted by Crippen LogP contribution is 2.19. The zero-order valence-corrected chi connectivity index (χ0v) is 8.81. The number of aryl methyl sites for hydroxylation is 1. The molecule has 1 rings (SSSR count). The molecule has 2 N–H and O–H groups in total. The van der Waals surface area contributed by atoms with Gasteiger partial charge in [0.2, 0.25) is 0 Å². The van der Waals surface area contributed by atoms with Gasteiger partial charge in [-0.15, -0.1) is 0 Å². The minimum absolute atomic E-state index is 0.0506. The van der Waals surface area contributed by atoms with Gasteiger partial charge < -0.3 is 5.73 Å². The van der Waals surface area contributed by atoms with Gasteiger partial charge >= 0.3 is 0 Å². The van der Waals surface area contributed by atoms with Gasteiger partial charge in [-0.25, -0.2) is 0 Å². The molecule has 0 heterocycles. The van der Waals surface area contributed by atoms with Gasteiger partial charge in [0.15, 0.2) is 0 Å². The molecule has 0 fully saturated rings. The number of rotatable bonds is 3. The van der Waals surface area contributed by atoms with Gasteiger partial charge in [-0.2, -0.15) is 0 Å². The highest BCUT2D eigenvalue weighted by atomic mass is 16.6.